The van der Waals surface area contributed by atoms with Crippen LogP contribution in [0.3, 0.4) is 0 Å². The molecular weight excluding hydrogens is 480 g/mol. The summed E-state index contributed by atoms with van der Waals surface area (Å²) < 4.78 is 11.5. The van der Waals surface area contributed by atoms with Gasteiger partial charge >= 0.3 is 5.97 Å². The number of carbonyl (C=O) groups is 3. The molecule has 0 unspecified atom stereocenters. The molecule has 1 saturated heterocycles. The number of nitrogens with one attached hydrogen (secondary N) is 1. The lowest BCUT2D eigenvalue weighted by Crippen LogP contribution is -2.53. The molecule has 10 heteroatoms. The summed E-state index contributed by atoms with van der Waals surface area (Å²) in [5.74, 6) is -1.58. The third-order valence-corrected chi connectivity index (χ3v) is 5.33. The molecule has 34 heavy (non-hydrogen) atoms. The van der Waals surface area contributed by atoms with Crippen molar-refractivity contribution in [1.82, 2.24) is 10.2 Å². The Balaban J connectivity index is 1.88. The highest BCUT2D eigenvalue weighted by atomic mass is 35.5. The molecule has 1 heterocycles. The lowest BCUT2D eigenvalue weighted by atomic mass is 10.1. The van der Waals surface area contributed by atoms with Crippen molar-refractivity contribution in [3.8, 4) is 11.5 Å². The Kier molecular flexibility index (Phi) is 8.04. The Morgan fingerprint density at radius 2 is 1.94 bits per heavy atom. The number of carboxylic acid groups (broad SMARTS) is 1. The highest BCUT2D eigenvalue weighted by Gasteiger charge is 2.32. The smallest absolute Gasteiger partial charge is 0.335 e. The van der Waals surface area contributed by atoms with Crippen molar-refractivity contribution in [3.05, 3.63) is 76.3 Å². The average Bonchev–Trinajstić information content (AvgIpc) is 2.79. The van der Waals surface area contributed by atoms with Gasteiger partial charge in [-0.05, 0) is 60.6 Å². The van der Waals surface area contributed by atoms with E-state index in [1.807, 2.05) is 0 Å². The summed E-state index contributed by atoms with van der Waals surface area (Å²) in [6.45, 7) is 5.98. The van der Waals surface area contributed by atoms with Gasteiger partial charge in [0, 0.05) is 6.54 Å². The second kappa shape index (κ2) is 11.0. The number of benzene rings is 2. The first-order valence-corrected chi connectivity index (χ1v) is 10.9. The maximum atomic E-state index is 12.8. The van der Waals surface area contributed by atoms with Gasteiger partial charge in [-0.15, -0.1) is 6.58 Å². The van der Waals surface area contributed by atoms with E-state index in [4.69, 9.17) is 38.4 Å². The molecule has 3 rings (SSSR count). The van der Waals surface area contributed by atoms with Crippen LogP contribution in [0, 0.1) is 0 Å². The van der Waals surface area contributed by atoms with Gasteiger partial charge in [-0.2, -0.15) is 0 Å². The number of aromatic carboxylic acids is 1. The minimum Gasteiger partial charge on any atom is -0.490 e. The molecule has 176 valence electrons. The molecule has 1 aliphatic heterocycles. The maximum Gasteiger partial charge on any atom is 0.335 e. The van der Waals surface area contributed by atoms with Crippen molar-refractivity contribution in [2.75, 3.05) is 13.2 Å². The number of thiocarbonyl (C=S) groups is 1. The first-order valence-electron chi connectivity index (χ1n) is 10.2. The third kappa shape index (κ3) is 5.62. The number of carboxylic acids is 1. The minimum absolute atomic E-state index is 0.0141. The van der Waals surface area contributed by atoms with Crippen molar-refractivity contribution >= 4 is 52.8 Å². The Morgan fingerprint density at radius 3 is 2.56 bits per heavy atom. The van der Waals surface area contributed by atoms with Crippen LogP contribution in [-0.4, -0.2) is 46.1 Å². The second-order valence-corrected chi connectivity index (χ2v) is 7.87. The molecule has 1 fully saturated rings. The zero-order valence-corrected chi connectivity index (χ0v) is 19.7. The van der Waals surface area contributed by atoms with Crippen LogP contribution in [0.1, 0.15) is 28.4 Å². The molecular formula is C24H21ClN2O6S. The minimum atomic E-state index is -1.02. The van der Waals surface area contributed by atoms with Gasteiger partial charge in [0.2, 0.25) is 0 Å². The average molecular weight is 501 g/mol. The highest BCUT2D eigenvalue weighted by molar-refractivity contribution is 7.80. The van der Waals surface area contributed by atoms with Crippen LogP contribution >= 0.6 is 23.8 Å². The van der Waals surface area contributed by atoms with E-state index in [1.165, 1.54) is 29.2 Å². The predicted octanol–water partition coefficient (Wildman–Crippen LogP) is 3.83. The van der Waals surface area contributed by atoms with Crippen LogP contribution in [0.2, 0.25) is 5.02 Å². The molecule has 8 nitrogen and oxygen atoms in total. The van der Waals surface area contributed by atoms with Crippen LogP contribution in [0.25, 0.3) is 6.08 Å². The van der Waals surface area contributed by atoms with Gasteiger partial charge in [0.15, 0.2) is 16.6 Å². The zero-order chi connectivity index (χ0) is 24.8. The van der Waals surface area contributed by atoms with Crippen LogP contribution in [0.5, 0.6) is 11.5 Å². The van der Waals surface area contributed by atoms with Gasteiger partial charge in [0.25, 0.3) is 11.8 Å². The molecule has 0 aliphatic carbocycles. The fourth-order valence-corrected chi connectivity index (χ4v) is 3.65. The maximum absolute atomic E-state index is 12.8. The Bertz CT molecular complexity index is 1190. The Hall–Kier alpha value is -3.69. The third-order valence-electron chi connectivity index (χ3n) is 4.72. The zero-order valence-electron chi connectivity index (χ0n) is 18.2. The summed E-state index contributed by atoms with van der Waals surface area (Å²) >= 11 is 11.5. The van der Waals surface area contributed by atoms with E-state index in [2.05, 4.69) is 11.9 Å². The van der Waals surface area contributed by atoms with E-state index in [9.17, 15) is 14.4 Å². The number of hydrogen-bond acceptors (Lipinski definition) is 6. The standard InChI is InChI=1S/C24H21ClN2O6S/c1-3-9-27-22(29)17(21(28)26-24(27)34)10-15-11-18(25)20(19(12-15)32-4-2)33-13-14-5-7-16(8-6-14)23(30)31/h3,5-8,10-12H,1,4,9,13H2,2H3,(H,30,31)(H,26,28,34)/b17-10+. The number of ether oxygens (including phenoxy) is 2. The summed E-state index contributed by atoms with van der Waals surface area (Å²) in [5, 5.41) is 11.7. The van der Waals surface area contributed by atoms with E-state index in [0.717, 1.165) is 5.56 Å². The largest absolute Gasteiger partial charge is 0.490 e. The Labute approximate surface area is 206 Å². The predicted molar refractivity (Wildman–Crippen MR) is 131 cm³/mol. The SMILES string of the molecule is C=CCN1C(=O)/C(=C/c2cc(Cl)c(OCc3ccc(C(=O)O)cc3)c(OCC)c2)C(=O)NC1=S. The molecule has 2 N–H and O–H groups in total. The van der Waals surface area contributed by atoms with Gasteiger partial charge < -0.3 is 14.6 Å². The van der Waals surface area contributed by atoms with Crippen LogP contribution in [0.15, 0.2) is 54.6 Å². The van der Waals surface area contributed by atoms with E-state index >= 15 is 0 Å². The first kappa shape index (κ1) is 24.9. The molecule has 0 spiro atoms. The fourth-order valence-electron chi connectivity index (χ4n) is 3.13. The molecule has 0 bridgehead atoms. The summed E-state index contributed by atoms with van der Waals surface area (Å²) in [5.41, 5.74) is 1.25. The Morgan fingerprint density at radius 1 is 1.24 bits per heavy atom. The van der Waals surface area contributed by atoms with E-state index in [0.29, 0.717) is 17.9 Å². The van der Waals surface area contributed by atoms with Crippen LogP contribution < -0.4 is 14.8 Å². The normalized spacial score (nSPS) is 14.7. The van der Waals surface area contributed by atoms with Gasteiger partial charge in [0.1, 0.15) is 12.2 Å². The monoisotopic (exact) mass is 500 g/mol. The molecule has 0 saturated carbocycles. The van der Waals surface area contributed by atoms with Gasteiger partial charge in [0.05, 0.1) is 17.2 Å². The summed E-state index contributed by atoms with van der Waals surface area (Å²) in [4.78, 5) is 37.4. The first-order chi connectivity index (χ1) is 16.2. The second-order valence-electron chi connectivity index (χ2n) is 7.08. The number of hydrogen-bond donors (Lipinski definition) is 2. The molecule has 2 aromatic rings. The number of carbonyl (C=O) groups excluding carboxylic acids is 2. The van der Waals surface area contributed by atoms with Gasteiger partial charge in [-0.1, -0.05) is 29.8 Å². The van der Waals surface area contributed by atoms with E-state index in [1.54, 1.807) is 31.2 Å². The van der Waals surface area contributed by atoms with Crippen LogP contribution in [0.4, 0.5) is 0 Å². The summed E-state index contributed by atoms with van der Waals surface area (Å²) in [6.07, 6.45) is 2.91. The van der Waals surface area contributed by atoms with Crippen LogP contribution in [-0.2, 0) is 16.2 Å². The van der Waals surface area contributed by atoms with Crippen molar-refractivity contribution < 1.29 is 29.0 Å². The number of rotatable bonds is 9. The number of halogens is 1. The molecule has 2 aromatic carbocycles. The van der Waals surface area contributed by atoms with Crippen molar-refractivity contribution in [2.24, 2.45) is 0 Å². The van der Waals surface area contributed by atoms with Crippen molar-refractivity contribution in [2.45, 2.75) is 13.5 Å². The molecule has 2 amide bonds. The van der Waals surface area contributed by atoms with Gasteiger partial charge in [-0.3, -0.25) is 19.8 Å². The lowest BCUT2D eigenvalue weighted by Gasteiger charge is -2.27. The summed E-state index contributed by atoms with van der Waals surface area (Å²) in [7, 11) is 0. The topological polar surface area (TPSA) is 105 Å². The van der Waals surface area contributed by atoms with Gasteiger partial charge in [-0.25, -0.2) is 4.79 Å². The van der Waals surface area contributed by atoms with Crippen molar-refractivity contribution in [3.63, 3.8) is 0 Å². The summed E-state index contributed by atoms with van der Waals surface area (Å²) in [6, 6.07) is 9.40. The van der Waals surface area contributed by atoms with E-state index in [-0.39, 0.29) is 40.2 Å². The fraction of sp³-hybridized carbons (Fsp3) is 0.167. The lowest BCUT2D eigenvalue weighted by molar-refractivity contribution is -0.128. The molecule has 1 aliphatic rings. The highest BCUT2D eigenvalue weighted by Crippen LogP contribution is 2.38. The number of nitrogens with zero attached hydrogens (tertiary/aromatic N) is 1. The van der Waals surface area contributed by atoms with Crippen molar-refractivity contribution in [1.29, 1.82) is 0 Å². The molecule has 0 atom stereocenters. The van der Waals surface area contributed by atoms with E-state index < -0.39 is 17.8 Å². The quantitative estimate of drug-likeness (QED) is 0.233. The molecule has 0 radical (unpaired) electrons. The number of amides is 2. The molecule has 0 aromatic heterocycles.